The zero-order chi connectivity index (χ0) is 10.0. The number of nitrogens with zero attached hydrogens (tertiary/aromatic N) is 3. The van der Waals surface area contributed by atoms with E-state index in [0.717, 1.165) is 25.1 Å². The molecule has 1 unspecified atom stereocenters. The first kappa shape index (κ1) is 9.61. The summed E-state index contributed by atoms with van der Waals surface area (Å²) >= 11 is 0. The van der Waals surface area contributed by atoms with Gasteiger partial charge >= 0.3 is 0 Å². The van der Waals surface area contributed by atoms with Crippen LogP contribution >= 0.6 is 0 Å². The van der Waals surface area contributed by atoms with Gasteiger partial charge in [0.05, 0.1) is 25.1 Å². The van der Waals surface area contributed by atoms with Crippen LogP contribution in [0.15, 0.2) is 6.20 Å². The second-order valence-electron chi connectivity index (χ2n) is 3.96. The molecule has 0 aliphatic carbocycles. The molecular formula is C9H15N3O2. The molecule has 1 saturated heterocycles. The Morgan fingerprint density at radius 2 is 2.57 bits per heavy atom. The summed E-state index contributed by atoms with van der Waals surface area (Å²) in [5.41, 5.74) is 0.794. The van der Waals surface area contributed by atoms with Crippen LogP contribution in [0.25, 0.3) is 0 Å². The van der Waals surface area contributed by atoms with Gasteiger partial charge in [-0.05, 0) is 6.42 Å². The van der Waals surface area contributed by atoms with Crippen LogP contribution in [-0.4, -0.2) is 39.9 Å². The van der Waals surface area contributed by atoms with E-state index in [1.165, 1.54) is 4.80 Å². The van der Waals surface area contributed by atoms with E-state index in [0.29, 0.717) is 6.61 Å². The van der Waals surface area contributed by atoms with Gasteiger partial charge in [0.2, 0.25) is 0 Å². The maximum absolute atomic E-state index is 9.35. The van der Waals surface area contributed by atoms with Crippen LogP contribution in [-0.2, 0) is 18.2 Å². The topological polar surface area (TPSA) is 60.2 Å². The lowest BCUT2D eigenvalue weighted by Crippen LogP contribution is -2.28. The third-order valence-corrected chi connectivity index (χ3v) is 2.72. The fourth-order valence-electron chi connectivity index (χ4n) is 1.82. The van der Waals surface area contributed by atoms with Gasteiger partial charge in [0.15, 0.2) is 0 Å². The van der Waals surface area contributed by atoms with E-state index in [9.17, 15) is 5.11 Å². The molecule has 0 aromatic carbocycles. The molecule has 1 aliphatic heterocycles. The molecule has 1 N–H and O–H groups in total. The van der Waals surface area contributed by atoms with Crippen molar-refractivity contribution in [3.8, 4) is 0 Å². The highest BCUT2D eigenvalue weighted by Crippen LogP contribution is 2.31. The summed E-state index contributed by atoms with van der Waals surface area (Å²) in [6, 6.07) is 0. The number of aliphatic hydroxyl groups excluding tert-OH is 1. The van der Waals surface area contributed by atoms with Crippen molar-refractivity contribution < 1.29 is 9.84 Å². The van der Waals surface area contributed by atoms with Crippen LogP contribution in [0.2, 0.25) is 0 Å². The molecule has 1 aromatic rings. The standard InChI is InChI=1S/C9H15N3O2/c1-12-10-5-8(11-12)4-9(6-13)2-3-14-7-9/h5,13H,2-4,6-7H2,1H3. The van der Waals surface area contributed by atoms with Gasteiger partial charge in [0.1, 0.15) is 0 Å². The summed E-state index contributed by atoms with van der Waals surface area (Å²) in [7, 11) is 1.79. The fraction of sp³-hybridized carbons (Fsp3) is 0.778. The first-order chi connectivity index (χ1) is 6.74. The summed E-state index contributed by atoms with van der Waals surface area (Å²) in [6.07, 6.45) is 3.40. The van der Waals surface area contributed by atoms with E-state index in [1.807, 2.05) is 0 Å². The highest BCUT2D eigenvalue weighted by Gasteiger charge is 2.35. The molecule has 1 atom stereocenters. The van der Waals surface area contributed by atoms with Gasteiger partial charge in [-0.3, -0.25) is 0 Å². The maximum Gasteiger partial charge on any atom is 0.0834 e. The number of hydrogen-bond donors (Lipinski definition) is 1. The maximum atomic E-state index is 9.35. The molecule has 5 nitrogen and oxygen atoms in total. The molecule has 1 fully saturated rings. The van der Waals surface area contributed by atoms with E-state index in [1.54, 1.807) is 13.2 Å². The fourth-order valence-corrected chi connectivity index (χ4v) is 1.82. The molecule has 2 rings (SSSR count). The molecule has 1 aliphatic rings. The molecule has 0 spiro atoms. The van der Waals surface area contributed by atoms with Crippen LogP contribution in [0.1, 0.15) is 12.1 Å². The summed E-state index contributed by atoms with van der Waals surface area (Å²) in [5.74, 6) is 0. The molecule has 2 heterocycles. The lowest BCUT2D eigenvalue weighted by molar-refractivity contribution is 0.0927. The molecule has 1 aromatic heterocycles. The summed E-state index contributed by atoms with van der Waals surface area (Å²) < 4.78 is 5.32. The first-order valence-electron chi connectivity index (χ1n) is 4.78. The Morgan fingerprint density at radius 3 is 3.07 bits per heavy atom. The lowest BCUT2D eigenvalue weighted by atomic mass is 9.84. The zero-order valence-electron chi connectivity index (χ0n) is 8.31. The van der Waals surface area contributed by atoms with Crippen molar-refractivity contribution >= 4 is 0 Å². The number of aliphatic hydroxyl groups is 1. The van der Waals surface area contributed by atoms with Crippen molar-refractivity contribution in [2.45, 2.75) is 12.8 Å². The van der Waals surface area contributed by atoms with Crippen LogP contribution in [0.4, 0.5) is 0 Å². The average Bonchev–Trinajstić information content (AvgIpc) is 2.77. The largest absolute Gasteiger partial charge is 0.396 e. The minimum atomic E-state index is -0.129. The second-order valence-corrected chi connectivity index (χ2v) is 3.96. The molecule has 5 heteroatoms. The van der Waals surface area contributed by atoms with Crippen molar-refractivity contribution in [1.29, 1.82) is 0 Å². The third kappa shape index (κ3) is 1.78. The van der Waals surface area contributed by atoms with E-state index in [2.05, 4.69) is 10.2 Å². The molecule has 0 saturated carbocycles. The van der Waals surface area contributed by atoms with Gasteiger partial charge < -0.3 is 9.84 Å². The average molecular weight is 197 g/mol. The van der Waals surface area contributed by atoms with E-state index >= 15 is 0 Å². The predicted octanol–water partition coefficient (Wildman–Crippen LogP) is -0.243. The van der Waals surface area contributed by atoms with E-state index < -0.39 is 0 Å². The summed E-state index contributed by atoms with van der Waals surface area (Å²) in [5, 5.41) is 17.6. The number of aromatic nitrogens is 3. The minimum absolute atomic E-state index is 0.129. The van der Waals surface area contributed by atoms with Crippen LogP contribution in [0.5, 0.6) is 0 Å². The first-order valence-corrected chi connectivity index (χ1v) is 4.78. The van der Waals surface area contributed by atoms with Crippen LogP contribution in [0.3, 0.4) is 0 Å². The number of hydrogen-bond acceptors (Lipinski definition) is 4. The van der Waals surface area contributed by atoms with Gasteiger partial charge in [-0.25, -0.2) is 0 Å². The van der Waals surface area contributed by atoms with Crippen molar-refractivity contribution in [1.82, 2.24) is 15.0 Å². The quantitative estimate of drug-likeness (QED) is 0.726. The number of rotatable bonds is 3. The molecule has 0 radical (unpaired) electrons. The van der Waals surface area contributed by atoms with Crippen molar-refractivity contribution in [2.24, 2.45) is 12.5 Å². The normalized spacial score (nSPS) is 27.0. The Kier molecular flexibility index (Phi) is 2.52. The Balaban J connectivity index is 2.08. The Bertz CT molecular complexity index is 305. The van der Waals surface area contributed by atoms with Crippen molar-refractivity contribution in [3.63, 3.8) is 0 Å². The van der Waals surface area contributed by atoms with Crippen LogP contribution in [0, 0.1) is 5.41 Å². The number of ether oxygens (including phenoxy) is 1. The highest BCUT2D eigenvalue weighted by atomic mass is 16.5. The monoisotopic (exact) mass is 197 g/mol. The molecule has 0 amide bonds. The van der Waals surface area contributed by atoms with Gasteiger partial charge in [0.25, 0.3) is 0 Å². The number of aryl methyl sites for hydroxylation is 1. The molecule has 0 bridgehead atoms. The smallest absolute Gasteiger partial charge is 0.0834 e. The zero-order valence-corrected chi connectivity index (χ0v) is 8.31. The lowest BCUT2D eigenvalue weighted by Gasteiger charge is -2.22. The molecule has 78 valence electrons. The summed E-state index contributed by atoms with van der Waals surface area (Å²) in [4.78, 5) is 1.54. The van der Waals surface area contributed by atoms with Gasteiger partial charge in [-0.1, -0.05) is 0 Å². The van der Waals surface area contributed by atoms with Gasteiger partial charge in [-0.2, -0.15) is 15.0 Å². The Labute approximate surface area is 82.7 Å². The van der Waals surface area contributed by atoms with E-state index in [4.69, 9.17) is 4.74 Å². The molecular weight excluding hydrogens is 182 g/mol. The Morgan fingerprint density at radius 1 is 1.71 bits per heavy atom. The van der Waals surface area contributed by atoms with Gasteiger partial charge in [0, 0.05) is 25.5 Å². The van der Waals surface area contributed by atoms with Gasteiger partial charge in [-0.15, -0.1) is 0 Å². The molecule has 14 heavy (non-hydrogen) atoms. The minimum Gasteiger partial charge on any atom is -0.396 e. The second kappa shape index (κ2) is 3.67. The van der Waals surface area contributed by atoms with Crippen molar-refractivity contribution in [2.75, 3.05) is 19.8 Å². The highest BCUT2D eigenvalue weighted by molar-refractivity contribution is 4.99. The van der Waals surface area contributed by atoms with E-state index in [-0.39, 0.29) is 12.0 Å². The third-order valence-electron chi connectivity index (χ3n) is 2.72. The predicted molar refractivity (Wildman–Crippen MR) is 49.7 cm³/mol. The Hall–Kier alpha value is -0.940. The summed E-state index contributed by atoms with van der Waals surface area (Å²) in [6.45, 7) is 1.52. The van der Waals surface area contributed by atoms with Crippen LogP contribution < -0.4 is 0 Å². The SMILES string of the molecule is Cn1ncc(CC2(CO)CCOC2)n1. The van der Waals surface area contributed by atoms with Crippen molar-refractivity contribution in [3.05, 3.63) is 11.9 Å².